The van der Waals surface area contributed by atoms with E-state index in [9.17, 15) is 4.79 Å². The van der Waals surface area contributed by atoms with Crippen LogP contribution in [0, 0.1) is 12.8 Å². The Morgan fingerprint density at radius 1 is 1.17 bits per heavy atom. The second kappa shape index (κ2) is 11.2. The Kier molecular flexibility index (Phi) is 8.35. The summed E-state index contributed by atoms with van der Waals surface area (Å²) in [5.74, 6) is 1.37. The lowest BCUT2D eigenvalue weighted by molar-refractivity contribution is -0.121. The number of rotatable bonds is 9. The molecule has 1 saturated carbocycles. The molecule has 1 saturated heterocycles. The number of hydrogen-bond donors (Lipinski definition) is 3. The molecule has 1 aromatic carbocycles. The highest BCUT2D eigenvalue weighted by molar-refractivity contribution is 5.80. The van der Waals surface area contributed by atoms with Gasteiger partial charge in [-0.25, -0.2) is 0 Å². The summed E-state index contributed by atoms with van der Waals surface area (Å²) in [7, 11) is 0. The van der Waals surface area contributed by atoms with Crippen LogP contribution in [-0.4, -0.2) is 44.1 Å². The highest BCUT2D eigenvalue weighted by Gasteiger charge is 2.27. The van der Waals surface area contributed by atoms with Crippen LogP contribution in [0.5, 0.6) is 0 Å². The van der Waals surface area contributed by atoms with Crippen molar-refractivity contribution in [3.63, 3.8) is 0 Å². The lowest BCUT2D eigenvalue weighted by Gasteiger charge is -2.31. The first-order valence-corrected chi connectivity index (χ1v) is 11.2. The summed E-state index contributed by atoms with van der Waals surface area (Å²) in [6.45, 7) is 7.29. The lowest BCUT2D eigenvalue weighted by Crippen LogP contribution is -2.39. The topological polar surface area (TPSA) is 74.8 Å². The van der Waals surface area contributed by atoms with Gasteiger partial charge in [-0.15, -0.1) is 0 Å². The summed E-state index contributed by atoms with van der Waals surface area (Å²) in [5.41, 5.74) is 2.51. The number of hydrogen-bond acceptors (Lipinski definition) is 3. The van der Waals surface area contributed by atoms with Crippen molar-refractivity contribution in [2.45, 2.75) is 64.5 Å². The summed E-state index contributed by atoms with van der Waals surface area (Å²) < 4.78 is 6.12. The molecule has 1 heterocycles. The summed E-state index contributed by atoms with van der Waals surface area (Å²) in [4.78, 5) is 16.6. The number of ether oxygens (including phenoxy) is 1. The molecule has 1 amide bonds. The van der Waals surface area contributed by atoms with E-state index in [1.165, 1.54) is 11.1 Å². The van der Waals surface area contributed by atoms with Gasteiger partial charge < -0.3 is 20.7 Å². The van der Waals surface area contributed by atoms with E-state index in [4.69, 9.17) is 9.73 Å². The number of nitrogens with one attached hydrogen (secondary N) is 3. The number of aryl methyl sites for hydroxylation is 1. The monoisotopic (exact) mass is 400 g/mol. The van der Waals surface area contributed by atoms with Gasteiger partial charge in [-0.1, -0.05) is 29.8 Å². The van der Waals surface area contributed by atoms with Crippen LogP contribution >= 0.6 is 0 Å². The zero-order valence-corrected chi connectivity index (χ0v) is 17.9. The van der Waals surface area contributed by atoms with Crippen LogP contribution in [0.1, 0.15) is 62.7 Å². The van der Waals surface area contributed by atoms with Gasteiger partial charge in [-0.2, -0.15) is 0 Å². The highest BCUT2D eigenvalue weighted by Crippen LogP contribution is 2.33. The minimum Gasteiger partial charge on any atom is -0.373 e. The molecule has 6 heteroatoms. The molecule has 1 aliphatic heterocycles. The minimum atomic E-state index is 0.113. The van der Waals surface area contributed by atoms with Crippen molar-refractivity contribution in [1.29, 1.82) is 0 Å². The average molecular weight is 401 g/mol. The number of guanidine groups is 1. The summed E-state index contributed by atoms with van der Waals surface area (Å²) in [6.07, 6.45) is 5.97. The largest absolute Gasteiger partial charge is 0.373 e. The van der Waals surface area contributed by atoms with Crippen molar-refractivity contribution >= 4 is 11.9 Å². The normalized spacial score (nSPS) is 22.2. The number of nitrogens with zero attached hydrogens (tertiary/aromatic N) is 1. The van der Waals surface area contributed by atoms with Crippen LogP contribution in [0.3, 0.4) is 0 Å². The molecule has 2 unspecified atom stereocenters. The molecule has 3 N–H and O–H groups in total. The second-order valence-electron chi connectivity index (χ2n) is 8.20. The predicted molar refractivity (Wildman–Crippen MR) is 117 cm³/mol. The third-order valence-corrected chi connectivity index (χ3v) is 5.49. The summed E-state index contributed by atoms with van der Waals surface area (Å²) in [5, 5.41) is 9.71. The van der Waals surface area contributed by atoms with Crippen molar-refractivity contribution in [1.82, 2.24) is 16.0 Å². The second-order valence-corrected chi connectivity index (χ2v) is 8.20. The van der Waals surface area contributed by atoms with Crippen molar-refractivity contribution in [2.24, 2.45) is 10.9 Å². The molecule has 1 aromatic rings. The van der Waals surface area contributed by atoms with Crippen LogP contribution in [0.4, 0.5) is 0 Å². The van der Waals surface area contributed by atoms with Crippen LogP contribution in [-0.2, 0) is 9.53 Å². The lowest BCUT2D eigenvalue weighted by atomic mass is 9.89. The van der Waals surface area contributed by atoms with Crippen molar-refractivity contribution in [3.8, 4) is 0 Å². The Labute approximate surface area is 174 Å². The third-order valence-electron chi connectivity index (χ3n) is 5.49. The van der Waals surface area contributed by atoms with Gasteiger partial charge in [-0.3, -0.25) is 9.79 Å². The van der Waals surface area contributed by atoms with E-state index in [2.05, 4.69) is 54.1 Å². The molecule has 29 heavy (non-hydrogen) atoms. The SMILES string of the molecule is CCNC(=NCC1CCCOC1c1ccc(C)cc1)NCCCC(=O)NC1CC1. The Hall–Kier alpha value is -2.08. The van der Waals surface area contributed by atoms with E-state index < -0.39 is 0 Å². The molecule has 2 fully saturated rings. The van der Waals surface area contributed by atoms with E-state index in [0.717, 1.165) is 64.3 Å². The molecule has 0 radical (unpaired) electrons. The fourth-order valence-electron chi connectivity index (χ4n) is 3.69. The number of carbonyl (C=O) groups is 1. The standard InChI is InChI=1S/C23H36N4O2/c1-3-24-23(25-14-4-7-21(28)27-20-12-13-20)26-16-19-6-5-15-29-22(19)18-10-8-17(2)9-11-18/h8-11,19-20,22H,3-7,12-16H2,1-2H3,(H,27,28)(H2,24,25,26). The fourth-order valence-corrected chi connectivity index (χ4v) is 3.69. The van der Waals surface area contributed by atoms with Gasteiger partial charge in [0.1, 0.15) is 0 Å². The molecule has 6 nitrogen and oxygen atoms in total. The third kappa shape index (κ3) is 7.35. The Bertz CT molecular complexity index is 670. The molecule has 1 aliphatic carbocycles. The van der Waals surface area contributed by atoms with E-state index in [0.29, 0.717) is 18.4 Å². The van der Waals surface area contributed by atoms with Gasteiger partial charge >= 0.3 is 0 Å². The zero-order valence-electron chi connectivity index (χ0n) is 17.9. The Morgan fingerprint density at radius 2 is 1.97 bits per heavy atom. The first kappa shape index (κ1) is 21.6. The fraction of sp³-hybridized carbons (Fsp3) is 0.652. The minimum absolute atomic E-state index is 0.113. The molecule has 0 spiro atoms. The van der Waals surface area contributed by atoms with E-state index >= 15 is 0 Å². The maximum atomic E-state index is 11.8. The first-order valence-electron chi connectivity index (χ1n) is 11.2. The van der Waals surface area contributed by atoms with Crippen molar-refractivity contribution in [2.75, 3.05) is 26.2 Å². The van der Waals surface area contributed by atoms with Crippen molar-refractivity contribution in [3.05, 3.63) is 35.4 Å². The van der Waals surface area contributed by atoms with Crippen LogP contribution in [0.25, 0.3) is 0 Å². The van der Waals surface area contributed by atoms with Crippen molar-refractivity contribution < 1.29 is 9.53 Å². The summed E-state index contributed by atoms with van der Waals surface area (Å²) >= 11 is 0. The molecule has 0 aromatic heterocycles. The number of carbonyl (C=O) groups excluding carboxylic acids is 1. The van der Waals surface area contributed by atoms with Crippen LogP contribution < -0.4 is 16.0 Å². The van der Waals surface area contributed by atoms with E-state index in [1.807, 2.05) is 0 Å². The van der Waals surface area contributed by atoms with Gasteiger partial charge in [0.15, 0.2) is 5.96 Å². The van der Waals surface area contributed by atoms with Gasteiger partial charge in [0.05, 0.1) is 6.10 Å². The van der Waals surface area contributed by atoms with Gasteiger partial charge in [0.25, 0.3) is 0 Å². The quantitative estimate of drug-likeness (QED) is 0.338. The highest BCUT2D eigenvalue weighted by atomic mass is 16.5. The van der Waals surface area contributed by atoms with Crippen LogP contribution in [0.15, 0.2) is 29.3 Å². The van der Waals surface area contributed by atoms with Gasteiger partial charge in [-0.05, 0) is 51.5 Å². The smallest absolute Gasteiger partial charge is 0.220 e. The van der Waals surface area contributed by atoms with E-state index in [1.54, 1.807) is 0 Å². The molecule has 2 atom stereocenters. The maximum absolute atomic E-state index is 11.8. The molecule has 2 aliphatic rings. The average Bonchev–Trinajstić information content (AvgIpc) is 3.54. The Morgan fingerprint density at radius 3 is 2.69 bits per heavy atom. The van der Waals surface area contributed by atoms with Gasteiger partial charge in [0, 0.05) is 44.6 Å². The van der Waals surface area contributed by atoms with Crippen LogP contribution in [0.2, 0.25) is 0 Å². The molecular formula is C23H36N4O2. The van der Waals surface area contributed by atoms with E-state index in [-0.39, 0.29) is 12.0 Å². The summed E-state index contributed by atoms with van der Waals surface area (Å²) in [6, 6.07) is 9.10. The molecule has 0 bridgehead atoms. The molecule has 3 rings (SSSR count). The zero-order chi connectivity index (χ0) is 20.5. The number of benzene rings is 1. The number of amides is 1. The Balaban J connectivity index is 1.48. The maximum Gasteiger partial charge on any atom is 0.220 e. The first-order chi connectivity index (χ1) is 14.2. The van der Waals surface area contributed by atoms with Gasteiger partial charge in [0.2, 0.25) is 5.91 Å². The predicted octanol–water partition coefficient (Wildman–Crippen LogP) is 3.08. The molecular weight excluding hydrogens is 364 g/mol. The molecule has 160 valence electrons. The number of aliphatic imine (C=N–C) groups is 1.